The van der Waals surface area contributed by atoms with Crippen LogP contribution in [0, 0.1) is 23.2 Å². The van der Waals surface area contributed by atoms with Gasteiger partial charge in [-0.25, -0.2) is 0 Å². The summed E-state index contributed by atoms with van der Waals surface area (Å²) in [4.78, 5) is 2.79. The zero-order chi connectivity index (χ0) is 22.2. The normalized spacial score (nSPS) is 41.2. The fraction of sp³-hybridized carbons (Fsp3) is 0.857. The van der Waals surface area contributed by atoms with Crippen LogP contribution in [-0.4, -0.2) is 45.9 Å². The predicted octanol–water partition coefficient (Wildman–Crippen LogP) is 5.86. The molecule has 0 aromatic carbocycles. The maximum atomic E-state index is 10.0. The van der Waals surface area contributed by atoms with E-state index in [4.69, 9.17) is 0 Å². The van der Waals surface area contributed by atoms with Crippen LogP contribution in [0.1, 0.15) is 98.3 Å². The van der Waals surface area contributed by atoms with Gasteiger partial charge in [-0.1, -0.05) is 43.6 Å². The van der Waals surface area contributed by atoms with E-state index in [0.717, 1.165) is 30.6 Å². The Morgan fingerprint density at radius 3 is 2.45 bits per heavy atom. The Kier molecular flexibility index (Phi) is 7.06. The molecule has 176 valence electrons. The van der Waals surface area contributed by atoms with E-state index in [2.05, 4.69) is 44.7 Å². The molecule has 6 atom stereocenters. The van der Waals surface area contributed by atoms with Gasteiger partial charge in [-0.3, -0.25) is 4.90 Å². The van der Waals surface area contributed by atoms with Crippen molar-refractivity contribution in [1.29, 1.82) is 0 Å². The Hall–Kier alpha value is -0.640. The van der Waals surface area contributed by atoms with Gasteiger partial charge in [-0.15, -0.1) is 0 Å². The fourth-order valence-electron chi connectivity index (χ4n) is 7.88. The van der Waals surface area contributed by atoms with Gasteiger partial charge in [0, 0.05) is 12.1 Å². The van der Waals surface area contributed by atoms with Crippen molar-refractivity contribution in [1.82, 2.24) is 4.90 Å². The third-order valence-electron chi connectivity index (χ3n) is 9.63. The van der Waals surface area contributed by atoms with E-state index in [0.29, 0.717) is 17.4 Å². The van der Waals surface area contributed by atoms with Crippen LogP contribution >= 0.6 is 0 Å². The van der Waals surface area contributed by atoms with Gasteiger partial charge in [0.15, 0.2) is 0 Å². The smallest absolute Gasteiger partial charge is 0.0602 e. The molecule has 2 N–H and O–H groups in total. The summed E-state index contributed by atoms with van der Waals surface area (Å²) in [5.41, 5.74) is 3.67. The van der Waals surface area contributed by atoms with Crippen LogP contribution in [0.4, 0.5) is 0 Å². The Labute approximate surface area is 191 Å². The van der Waals surface area contributed by atoms with Crippen molar-refractivity contribution < 1.29 is 10.2 Å². The Morgan fingerprint density at radius 2 is 1.74 bits per heavy atom. The Balaban J connectivity index is 1.46. The highest BCUT2D eigenvalue weighted by Gasteiger charge is 2.51. The first-order chi connectivity index (χ1) is 14.7. The highest BCUT2D eigenvalue weighted by molar-refractivity contribution is 5.26. The molecular weight excluding hydrogens is 382 g/mol. The lowest BCUT2D eigenvalue weighted by atomic mass is 9.61. The molecule has 0 unspecified atom stereocenters. The Morgan fingerprint density at radius 1 is 1.00 bits per heavy atom. The van der Waals surface area contributed by atoms with E-state index in [1.165, 1.54) is 70.0 Å². The molecule has 3 heteroatoms. The summed E-state index contributed by atoms with van der Waals surface area (Å²) in [6, 6.07) is 0. The van der Waals surface area contributed by atoms with E-state index in [1.54, 1.807) is 5.57 Å². The number of rotatable bonds is 4. The molecule has 0 aromatic rings. The number of aliphatic hydroxyl groups is 2. The molecule has 0 spiro atoms. The molecule has 3 aliphatic carbocycles. The number of likely N-dealkylation sites (tertiary alicyclic amines) is 1. The summed E-state index contributed by atoms with van der Waals surface area (Å²) in [5, 5.41) is 20.0. The molecule has 4 aliphatic rings. The van der Waals surface area contributed by atoms with Crippen LogP contribution in [0.25, 0.3) is 0 Å². The summed E-state index contributed by atoms with van der Waals surface area (Å²) in [5.74, 6) is 2.30. The van der Waals surface area contributed by atoms with Crippen molar-refractivity contribution >= 4 is 0 Å². The van der Waals surface area contributed by atoms with Crippen LogP contribution in [-0.2, 0) is 0 Å². The topological polar surface area (TPSA) is 43.7 Å². The van der Waals surface area contributed by atoms with Gasteiger partial charge in [0.25, 0.3) is 0 Å². The van der Waals surface area contributed by atoms with Crippen LogP contribution in [0.5, 0.6) is 0 Å². The highest BCUT2D eigenvalue weighted by Crippen LogP contribution is 2.59. The van der Waals surface area contributed by atoms with Crippen LogP contribution in [0.2, 0.25) is 0 Å². The largest absolute Gasteiger partial charge is 0.393 e. The molecule has 0 amide bonds. The first-order valence-electron chi connectivity index (χ1n) is 13.2. The van der Waals surface area contributed by atoms with Gasteiger partial charge in [-0.05, 0) is 108 Å². The van der Waals surface area contributed by atoms with Gasteiger partial charge >= 0.3 is 0 Å². The van der Waals surface area contributed by atoms with Crippen LogP contribution in [0.3, 0.4) is 0 Å². The first-order valence-corrected chi connectivity index (χ1v) is 13.2. The molecule has 4 fully saturated rings. The van der Waals surface area contributed by atoms with E-state index in [1.807, 2.05) is 0 Å². The molecule has 4 rings (SSSR count). The van der Waals surface area contributed by atoms with Crippen LogP contribution < -0.4 is 0 Å². The predicted molar refractivity (Wildman–Crippen MR) is 129 cm³/mol. The molecule has 1 saturated heterocycles. The van der Waals surface area contributed by atoms with Gasteiger partial charge in [0.05, 0.1) is 12.2 Å². The van der Waals surface area contributed by atoms with Gasteiger partial charge in [-0.2, -0.15) is 0 Å². The quantitative estimate of drug-likeness (QED) is 0.588. The zero-order valence-corrected chi connectivity index (χ0v) is 20.6. The minimum absolute atomic E-state index is 0.365. The molecule has 0 bridgehead atoms. The molecular formula is C28H47NO2. The SMILES string of the molecule is C[C@H](CN1CCCCC1(C)C)[C@H]1CC[C@H]2/C(=C/C=C3C[C@@H](O)C[C@H](O)C3)CCC[C@]12C. The minimum atomic E-state index is -0.374. The number of piperidine rings is 1. The molecule has 0 aromatic heterocycles. The van der Waals surface area contributed by atoms with E-state index in [-0.39, 0.29) is 12.2 Å². The number of fused-ring (bicyclic) bond motifs is 1. The monoisotopic (exact) mass is 429 g/mol. The van der Waals surface area contributed by atoms with Crippen molar-refractivity contribution in [3.63, 3.8) is 0 Å². The lowest BCUT2D eigenvalue weighted by molar-refractivity contribution is 0.0256. The third-order valence-corrected chi connectivity index (χ3v) is 9.63. The second-order valence-corrected chi connectivity index (χ2v) is 12.3. The average molecular weight is 430 g/mol. The summed E-state index contributed by atoms with van der Waals surface area (Å²) in [6.45, 7) is 12.6. The van der Waals surface area contributed by atoms with Crippen molar-refractivity contribution in [2.75, 3.05) is 13.1 Å². The number of hydrogen-bond acceptors (Lipinski definition) is 3. The molecule has 1 aliphatic heterocycles. The summed E-state index contributed by atoms with van der Waals surface area (Å²) >= 11 is 0. The molecule has 1 heterocycles. The van der Waals surface area contributed by atoms with Crippen molar-refractivity contribution in [2.24, 2.45) is 23.2 Å². The van der Waals surface area contributed by atoms with Crippen molar-refractivity contribution in [3.8, 4) is 0 Å². The van der Waals surface area contributed by atoms with E-state index >= 15 is 0 Å². The zero-order valence-electron chi connectivity index (χ0n) is 20.6. The van der Waals surface area contributed by atoms with Gasteiger partial charge in [0.1, 0.15) is 0 Å². The molecule has 31 heavy (non-hydrogen) atoms. The summed E-state index contributed by atoms with van der Waals surface area (Å²) in [6.07, 6.45) is 16.6. The maximum Gasteiger partial charge on any atom is 0.0602 e. The first kappa shape index (κ1) is 23.5. The lowest BCUT2D eigenvalue weighted by Crippen LogP contribution is -2.50. The van der Waals surface area contributed by atoms with E-state index in [9.17, 15) is 10.2 Å². The lowest BCUT2D eigenvalue weighted by Gasteiger charge is -2.48. The number of hydrogen-bond donors (Lipinski definition) is 2. The van der Waals surface area contributed by atoms with Crippen molar-refractivity contribution in [3.05, 3.63) is 23.3 Å². The fourth-order valence-corrected chi connectivity index (χ4v) is 7.88. The van der Waals surface area contributed by atoms with Crippen molar-refractivity contribution in [2.45, 2.75) is 116 Å². The highest BCUT2D eigenvalue weighted by atomic mass is 16.3. The van der Waals surface area contributed by atoms with Crippen LogP contribution in [0.15, 0.2) is 23.3 Å². The minimum Gasteiger partial charge on any atom is -0.393 e. The maximum absolute atomic E-state index is 10.0. The van der Waals surface area contributed by atoms with Gasteiger partial charge < -0.3 is 10.2 Å². The molecule has 3 saturated carbocycles. The van der Waals surface area contributed by atoms with Gasteiger partial charge in [0.2, 0.25) is 0 Å². The summed E-state index contributed by atoms with van der Waals surface area (Å²) in [7, 11) is 0. The van der Waals surface area contributed by atoms with E-state index < -0.39 is 0 Å². The standard InChI is InChI=1S/C28H47NO2/c1-20(19-29-15-6-5-13-27(29,2)3)25-11-12-26-22(8-7-14-28(25,26)4)10-9-21-16-23(30)18-24(31)17-21/h9-10,20,23-26,30-31H,5-8,11-19H2,1-4H3/b22-10+/t20-,23-,24-,25-,26+,28-/m1/s1. The molecule has 3 nitrogen and oxygen atoms in total. The second kappa shape index (κ2) is 9.31. The average Bonchev–Trinajstić information content (AvgIpc) is 3.05. The number of nitrogens with zero attached hydrogens (tertiary/aromatic N) is 1. The summed E-state index contributed by atoms with van der Waals surface area (Å²) < 4.78 is 0. The third kappa shape index (κ3) is 4.99. The second-order valence-electron chi connectivity index (χ2n) is 12.3. The molecule has 0 radical (unpaired) electrons. The number of aliphatic hydroxyl groups excluding tert-OH is 2. The number of allylic oxidation sites excluding steroid dienone is 3. The Bertz CT molecular complexity index is 683.